The number of pyridine rings is 1. The van der Waals surface area contributed by atoms with Gasteiger partial charge in [0, 0.05) is 12.4 Å². The number of rotatable bonds is 9. The molecule has 3 heteroatoms. The van der Waals surface area contributed by atoms with E-state index in [4.69, 9.17) is 4.74 Å². The van der Waals surface area contributed by atoms with Crippen molar-refractivity contribution in [1.29, 1.82) is 0 Å². The number of nitrogens with zero attached hydrogens (tertiary/aromatic N) is 1. The predicted molar refractivity (Wildman–Crippen MR) is 77.1 cm³/mol. The summed E-state index contributed by atoms with van der Waals surface area (Å²) in [5, 5.41) is 0. The van der Waals surface area contributed by atoms with Crippen LogP contribution in [-0.2, 0) is 4.74 Å². The molecular formula is C16H25NO2. The molecule has 106 valence electrons. The summed E-state index contributed by atoms with van der Waals surface area (Å²) >= 11 is 0. The summed E-state index contributed by atoms with van der Waals surface area (Å²) < 4.78 is 5.39. The van der Waals surface area contributed by atoms with Crippen LogP contribution in [0.2, 0.25) is 0 Å². The van der Waals surface area contributed by atoms with Crippen LogP contribution in [0.1, 0.15) is 62.7 Å². The molecule has 1 rings (SSSR count). The number of hydrogen-bond acceptors (Lipinski definition) is 3. The Kier molecular flexibility index (Phi) is 7.87. The third kappa shape index (κ3) is 6.37. The van der Waals surface area contributed by atoms with Gasteiger partial charge in [-0.1, -0.05) is 39.5 Å². The van der Waals surface area contributed by atoms with Crippen LogP contribution >= 0.6 is 0 Å². The van der Waals surface area contributed by atoms with Gasteiger partial charge in [0.1, 0.15) is 0 Å². The standard InChI is InChI=1S/C16H25NO2/c1-3-5-6-9-14(8-4-2)13-19-16(18)15-10-7-11-17-12-15/h7,10-12,14H,3-6,8-9,13H2,1-2H3. The fraction of sp³-hybridized carbons (Fsp3) is 0.625. The molecule has 0 aliphatic rings. The van der Waals surface area contributed by atoms with Crippen molar-refractivity contribution in [1.82, 2.24) is 4.98 Å². The molecule has 19 heavy (non-hydrogen) atoms. The average molecular weight is 263 g/mol. The highest BCUT2D eigenvalue weighted by Gasteiger charge is 2.12. The number of carbonyl (C=O) groups is 1. The summed E-state index contributed by atoms with van der Waals surface area (Å²) in [4.78, 5) is 15.8. The number of unbranched alkanes of at least 4 members (excludes halogenated alkanes) is 2. The number of ether oxygens (including phenoxy) is 1. The average Bonchev–Trinajstić information content (AvgIpc) is 2.45. The largest absolute Gasteiger partial charge is 0.462 e. The summed E-state index contributed by atoms with van der Waals surface area (Å²) in [7, 11) is 0. The Labute approximate surface area is 116 Å². The minimum atomic E-state index is -0.260. The normalized spacial score (nSPS) is 12.1. The van der Waals surface area contributed by atoms with Crippen molar-refractivity contribution in [3.8, 4) is 0 Å². The lowest BCUT2D eigenvalue weighted by molar-refractivity contribution is 0.0423. The van der Waals surface area contributed by atoms with Crippen molar-refractivity contribution in [2.24, 2.45) is 5.92 Å². The Morgan fingerprint density at radius 2 is 2.11 bits per heavy atom. The summed E-state index contributed by atoms with van der Waals surface area (Å²) in [6.07, 6.45) is 10.3. The molecule has 1 atom stereocenters. The highest BCUT2D eigenvalue weighted by Crippen LogP contribution is 2.16. The number of carbonyl (C=O) groups excluding carboxylic acids is 1. The first-order valence-corrected chi connectivity index (χ1v) is 7.35. The molecule has 0 N–H and O–H groups in total. The van der Waals surface area contributed by atoms with Gasteiger partial charge in [0.25, 0.3) is 0 Å². The zero-order valence-corrected chi connectivity index (χ0v) is 12.1. The lowest BCUT2D eigenvalue weighted by Gasteiger charge is -2.16. The Morgan fingerprint density at radius 3 is 2.74 bits per heavy atom. The second kappa shape index (κ2) is 9.54. The Morgan fingerprint density at radius 1 is 1.26 bits per heavy atom. The minimum Gasteiger partial charge on any atom is -0.462 e. The van der Waals surface area contributed by atoms with E-state index in [2.05, 4.69) is 18.8 Å². The SMILES string of the molecule is CCCCCC(CCC)COC(=O)c1cccnc1. The van der Waals surface area contributed by atoms with Crippen molar-refractivity contribution in [2.75, 3.05) is 6.61 Å². The molecule has 0 bridgehead atoms. The summed E-state index contributed by atoms with van der Waals surface area (Å²) in [6.45, 7) is 4.91. The van der Waals surface area contributed by atoms with E-state index in [0.717, 1.165) is 19.3 Å². The molecule has 0 fully saturated rings. The smallest absolute Gasteiger partial charge is 0.339 e. The number of esters is 1. The first-order chi connectivity index (χ1) is 9.27. The van der Waals surface area contributed by atoms with Crippen molar-refractivity contribution in [3.05, 3.63) is 30.1 Å². The van der Waals surface area contributed by atoms with Gasteiger partial charge in [0.15, 0.2) is 0 Å². The van der Waals surface area contributed by atoms with Crippen LogP contribution in [0.3, 0.4) is 0 Å². The van der Waals surface area contributed by atoms with Crippen molar-refractivity contribution in [3.63, 3.8) is 0 Å². The van der Waals surface area contributed by atoms with E-state index in [1.165, 1.54) is 19.3 Å². The summed E-state index contributed by atoms with van der Waals surface area (Å²) in [5.41, 5.74) is 0.534. The van der Waals surface area contributed by atoms with E-state index in [-0.39, 0.29) is 5.97 Å². The lowest BCUT2D eigenvalue weighted by atomic mass is 9.97. The third-order valence-corrected chi connectivity index (χ3v) is 3.26. The summed E-state index contributed by atoms with van der Waals surface area (Å²) in [6, 6.07) is 3.49. The zero-order chi connectivity index (χ0) is 13.9. The molecule has 0 aliphatic heterocycles. The maximum Gasteiger partial charge on any atom is 0.339 e. The minimum absolute atomic E-state index is 0.260. The van der Waals surface area contributed by atoms with E-state index in [0.29, 0.717) is 18.1 Å². The highest BCUT2D eigenvalue weighted by atomic mass is 16.5. The van der Waals surface area contributed by atoms with Gasteiger partial charge in [-0.15, -0.1) is 0 Å². The van der Waals surface area contributed by atoms with Gasteiger partial charge in [-0.25, -0.2) is 4.79 Å². The molecule has 0 aromatic carbocycles. The molecule has 0 saturated heterocycles. The molecule has 1 aromatic rings. The molecule has 0 radical (unpaired) electrons. The highest BCUT2D eigenvalue weighted by molar-refractivity contribution is 5.88. The monoisotopic (exact) mass is 263 g/mol. The molecule has 0 amide bonds. The van der Waals surface area contributed by atoms with E-state index < -0.39 is 0 Å². The Balaban J connectivity index is 2.36. The maximum atomic E-state index is 11.8. The van der Waals surface area contributed by atoms with Gasteiger partial charge in [-0.3, -0.25) is 4.98 Å². The molecule has 1 unspecified atom stereocenters. The zero-order valence-electron chi connectivity index (χ0n) is 12.1. The molecule has 0 aliphatic carbocycles. The predicted octanol–water partition coefficient (Wildman–Crippen LogP) is 4.24. The topological polar surface area (TPSA) is 39.2 Å². The van der Waals surface area contributed by atoms with Crippen LogP contribution in [0.4, 0.5) is 0 Å². The van der Waals surface area contributed by atoms with Crippen LogP contribution in [0.25, 0.3) is 0 Å². The van der Waals surface area contributed by atoms with E-state index in [1.807, 2.05) is 0 Å². The van der Waals surface area contributed by atoms with Crippen LogP contribution in [0, 0.1) is 5.92 Å². The maximum absolute atomic E-state index is 11.8. The fourth-order valence-corrected chi connectivity index (χ4v) is 2.16. The first kappa shape index (κ1) is 15.7. The van der Waals surface area contributed by atoms with Crippen molar-refractivity contribution >= 4 is 5.97 Å². The third-order valence-electron chi connectivity index (χ3n) is 3.26. The second-order valence-corrected chi connectivity index (χ2v) is 4.99. The van der Waals surface area contributed by atoms with Gasteiger partial charge in [-0.05, 0) is 30.9 Å². The Bertz CT molecular complexity index is 351. The molecule has 1 aromatic heterocycles. The van der Waals surface area contributed by atoms with Crippen molar-refractivity contribution in [2.45, 2.75) is 52.4 Å². The first-order valence-electron chi connectivity index (χ1n) is 7.35. The number of aromatic nitrogens is 1. The van der Waals surface area contributed by atoms with Crippen LogP contribution < -0.4 is 0 Å². The lowest BCUT2D eigenvalue weighted by Crippen LogP contribution is -2.14. The molecule has 1 heterocycles. The second-order valence-electron chi connectivity index (χ2n) is 4.99. The van der Waals surface area contributed by atoms with Crippen LogP contribution in [0.15, 0.2) is 24.5 Å². The fourth-order valence-electron chi connectivity index (χ4n) is 2.16. The quantitative estimate of drug-likeness (QED) is 0.494. The van der Waals surface area contributed by atoms with Gasteiger partial charge in [0.05, 0.1) is 12.2 Å². The van der Waals surface area contributed by atoms with Gasteiger partial charge >= 0.3 is 5.97 Å². The Hall–Kier alpha value is -1.38. The van der Waals surface area contributed by atoms with E-state index in [1.54, 1.807) is 24.5 Å². The van der Waals surface area contributed by atoms with Crippen LogP contribution in [-0.4, -0.2) is 17.6 Å². The molecule has 0 spiro atoms. The van der Waals surface area contributed by atoms with E-state index >= 15 is 0 Å². The van der Waals surface area contributed by atoms with Gasteiger partial charge in [0.2, 0.25) is 0 Å². The molecular weight excluding hydrogens is 238 g/mol. The van der Waals surface area contributed by atoms with Crippen LogP contribution in [0.5, 0.6) is 0 Å². The van der Waals surface area contributed by atoms with E-state index in [9.17, 15) is 4.79 Å². The molecule has 3 nitrogen and oxygen atoms in total. The van der Waals surface area contributed by atoms with Gasteiger partial charge < -0.3 is 4.74 Å². The number of hydrogen-bond donors (Lipinski definition) is 0. The van der Waals surface area contributed by atoms with Crippen molar-refractivity contribution < 1.29 is 9.53 Å². The summed E-state index contributed by atoms with van der Waals surface area (Å²) in [5.74, 6) is 0.238. The van der Waals surface area contributed by atoms with Gasteiger partial charge in [-0.2, -0.15) is 0 Å². The molecule has 0 saturated carbocycles.